The predicted molar refractivity (Wildman–Crippen MR) is 91.8 cm³/mol. The van der Waals surface area contributed by atoms with Crippen LogP contribution >= 0.6 is 0 Å². The Morgan fingerprint density at radius 2 is 0.792 bits per heavy atom. The van der Waals surface area contributed by atoms with Gasteiger partial charge < -0.3 is 0 Å². The van der Waals surface area contributed by atoms with E-state index in [1.54, 1.807) is 0 Å². The van der Waals surface area contributed by atoms with Crippen LogP contribution in [0.2, 0.25) is 8.45 Å². The van der Waals surface area contributed by atoms with E-state index in [4.69, 9.17) is 6.64 Å². The molecule has 0 N–H and O–H groups in total. The Morgan fingerprint density at radius 3 is 1.12 bits per heavy atom. The van der Waals surface area contributed by atoms with Gasteiger partial charge in [-0.15, -0.1) is 0 Å². The third-order valence-electron chi connectivity index (χ3n) is 7.58. The summed E-state index contributed by atoms with van der Waals surface area (Å²) < 4.78 is 29.3. The maximum atomic E-state index is 15.1. The van der Waals surface area contributed by atoms with Crippen molar-refractivity contribution in [2.75, 3.05) is 0 Å². The molecule has 3 nitrogen and oxygen atoms in total. The van der Waals surface area contributed by atoms with E-state index in [0.717, 1.165) is 51.4 Å². The maximum absolute atomic E-state index is 15.1. The molecule has 0 aliphatic heterocycles. The van der Waals surface area contributed by atoms with Gasteiger partial charge in [0.15, 0.2) is 0 Å². The van der Waals surface area contributed by atoms with Gasteiger partial charge in [-0.05, 0) is 0 Å². The molecule has 0 bridgehead atoms. The van der Waals surface area contributed by atoms with Crippen molar-refractivity contribution in [1.29, 1.82) is 0 Å². The molecule has 0 aromatic rings. The number of hydrogen-bond donors (Lipinski definition) is 0. The first-order valence-electron chi connectivity index (χ1n) is 10.9. The molecule has 4 rings (SSSR count). The molecule has 0 heterocycles. The van der Waals surface area contributed by atoms with Gasteiger partial charge in [0.05, 0.1) is 0 Å². The zero-order chi connectivity index (χ0) is 16.5. The van der Waals surface area contributed by atoms with Crippen LogP contribution in [0.5, 0.6) is 0 Å². The second kappa shape index (κ2) is 7.21. The van der Waals surface area contributed by atoms with Crippen molar-refractivity contribution in [3.05, 3.63) is 0 Å². The second-order valence-electron chi connectivity index (χ2n) is 9.14. The van der Waals surface area contributed by atoms with Gasteiger partial charge >= 0.3 is 149 Å². The van der Waals surface area contributed by atoms with Gasteiger partial charge in [-0.1, -0.05) is 0 Å². The Bertz CT molecular complexity index is 435. The Balaban J connectivity index is 1.69. The van der Waals surface area contributed by atoms with Crippen molar-refractivity contribution in [2.24, 2.45) is 0 Å². The van der Waals surface area contributed by atoms with Crippen LogP contribution in [0, 0.1) is 0 Å². The van der Waals surface area contributed by atoms with E-state index in [9.17, 15) is 0 Å². The fraction of sp³-hybridized carbons (Fsp3) is 1.00. The van der Waals surface area contributed by atoms with E-state index in [1.165, 1.54) is 51.4 Å². The standard InChI is InChI=1S/2C5H9O.2C5H9.O.Ti/c2*6-5-3-1-2-4-5;2*1-2-4-5-3-1;;/h2*5H,1-4H2;2*1H,2-5H2;;/q2*-1;;;;+2. The molecule has 0 aromatic heterocycles. The molecular formula is C20H36O3Ti. The Morgan fingerprint density at radius 1 is 0.500 bits per heavy atom. The van der Waals surface area contributed by atoms with Crippen LogP contribution < -0.4 is 0 Å². The molecule has 138 valence electrons. The summed E-state index contributed by atoms with van der Waals surface area (Å²) in [6, 6.07) is 0. The fourth-order valence-corrected chi connectivity index (χ4v) is 16.0. The Labute approximate surface area is 149 Å². The summed E-state index contributed by atoms with van der Waals surface area (Å²) >= 11 is -4.69. The Hall–Kier alpha value is 0.434. The first-order valence-corrected chi connectivity index (χ1v) is 14.6. The van der Waals surface area contributed by atoms with E-state index < -0.39 is 16.1 Å². The van der Waals surface area contributed by atoms with E-state index in [-0.39, 0.29) is 20.7 Å². The van der Waals surface area contributed by atoms with E-state index in [1.807, 2.05) is 0 Å². The molecule has 24 heavy (non-hydrogen) atoms. The van der Waals surface area contributed by atoms with Crippen molar-refractivity contribution in [3.63, 3.8) is 0 Å². The summed E-state index contributed by atoms with van der Waals surface area (Å²) in [5, 5.41) is 0. The quantitative estimate of drug-likeness (QED) is 0.500. The van der Waals surface area contributed by atoms with Gasteiger partial charge in [0.2, 0.25) is 0 Å². The van der Waals surface area contributed by atoms with Crippen molar-refractivity contribution in [1.82, 2.24) is 0 Å². The minimum atomic E-state index is -4.69. The molecular weight excluding hydrogens is 336 g/mol. The third-order valence-corrected chi connectivity index (χ3v) is 16.5. The molecule has 0 amide bonds. The molecule has 0 unspecified atom stereocenters. The zero-order valence-corrected chi connectivity index (χ0v) is 16.9. The summed E-state index contributed by atoms with van der Waals surface area (Å²) in [5.74, 6) is 0. The van der Waals surface area contributed by atoms with Crippen LogP contribution in [0.4, 0.5) is 0 Å². The Kier molecular flexibility index (Phi) is 5.36. The van der Waals surface area contributed by atoms with Gasteiger partial charge in [0.1, 0.15) is 0 Å². The van der Waals surface area contributed by atoms with Crippen molar-refractivity contribution in [3.8, 4) is 0 Å². The second-order valence-corrected chi connectivity index (χ2v) is 15.9. The van der Waals surface area contributed by atoms with Crippen molar-refractivity contribution in [2.45, 2.75) is 123 Å². The summed E-state index contributed by atoms with van der Waals surface area (Å²) in [4.78, 5) is 0. The molecule has 0 spiro atoms. The van der Waals surface area contributed by atoms with Crippen molar-refractivity contribution >= 4 is 0 Å². The molecule has 4 fully saturated rings. The molecule has 4 heteroatoms. The fourth-order valence-electron chi connectivity index (χ4n) is 6.31. The molecule has 4 aliphatic rings. The average molecular weight is 372 g/mol. The van der Waals surface area contributed by atoms with E-state index >= 15 is 3.32 Å². The summed E-state index contributed by atoms with van der Waals surface area (Å²) in [7, 11) is 0. The molecule has 0 saturated heterocycles. The van der Waals surface area contributed by atoms with Crippen LogP contribution in [0.1, 0.15) is 103 Å². The molecule has 0 atom stereocenters. The molecule has 4 aliphatic carbocycles. The van der Waals surface area contributed by atoms with E-state index in [0.29, 0.717) is 0 Å². The number of rotatable bonds is 6. The average Bonchev–Trinajstić information content (AvgIpc) is 3.34. The van der Waals surface area contributed by atoms with Crippen molar-refractivity contribution < 1.29 is 26.0 Å². The summed E-state index contributed by atoms with van der Waals surface area (Å²) in [6.45, 7) is 0. The summed E-state index contributed by atoms with van der Waals surface area (Å²) in [5.41, 5.74) is 0. The van der Waals surface area contributed by atoms with Gasteiger partial charge in [0, 0.05) is 0 Å². The van der Waals surface area contributed by atoms with E-state index in [2.05, 4.69) is 0 Å². The van der Waals surface area contributed by atoms with Gasteiger partial charge in [-0.25, -0.2) is 0 Å². The topological polar surface area (TPSA) is 35.5 Å². The summed E-state index contributed by atoms with van der Waals surface area (Å²) in [6.07, 6.45) is 19.1. The van der Waals surface area contributed by atoms with Crippen LogP contribution in [0.15, 0.2) is 0 Å². The van der Waals surface area contributed by atoms with Crippen LogP contribution in [0.3, 0.4) is 0 Å². The van der Waals surface area contributed by atoms with Crippen LogP contribution in [-0.2, 0) is 26.0 Å². The van der Waals surface area contributed by atoms with Gasteiger partial charge in [0.25, 0.3) is 0 Å². The SMILES string of the molecule is [O]=[Ti]([O]C1CCCC1)([O]C1CCCC1)([CH]1CCCC1)[CH]1CCCC1. The monoisotopic (exact) mass is 372 g/mol. The first-order chi connectivity index (χ1) is 11.7. The normalized spacial score (nSPS) is 29.2. The van der Waals surface area contributed by atoms with Gasteiger partial charge in [-0.2, -0.15) is 0 Å². The predicted octanol–water partition coefficient (Wildman–Crippen LogP) is 6.49. The molecule has 0 aromatic carbocycles. The van der Waals surface area contributed by atoms with Crippen LogP contribution in [0.25, 0.3) is 0 Å². The first kappa shape index (κ1) is 17.8. The minimum absolute atomic E-state index is 0.224. The molecule has 0 radical (unpaired) electrons. The third kappa shape index (κ3) is 3.24. The number of hydrogen-bond acceptors (Lipinski definition) is 3. The van der Waals surface area contributed by atoms with Crippen LogP contribution in [-0.4, -0.2) is 12.2 Å². The molecule has 4 saturated carbocycles. The van der Waals surface area contributed by atoms with Gasteiger partial charge in [-0.3, -0.25) is 0 Å². The zero-order valence-electron chi connectivity index (χ0n) is 15.3.